The van der Waals surface area contributed by atoms with E-state index in [-0.39, 0.29) is 11.9 Å². The molecule has 0 aliphatic heterocycles. The molecular weight excluding hydrogens is 204 g/mol. The van der Waals surface area contributed by atoms with E-state index in [9.17, 15) is 4.79 Å². The van der Waals surface area contributed by atoms with Gasteiger partial charge in [0.1, 0.15) is 0 Å². The average Bonchev–Trinajstić information content (AvgIpc) is 2.49. The Labute approximate surface area is 95.8 Å². The Hall–Kier alpha value is -1.36. The molecule has 5 heteroatoms. The number of carbonyl (C=O) groups is 1. The molecule has 1 heterocycles. The highest BCUT2D eigenvalue weighted by Crippen LogP contribution is 2.14. The Kier molecular flexibility index (Phi) is 4.49. The molecule has 1 unspecified atom stereocenters. The summed E-state index contributed by atoms with van der Waals surface area (Å²) in [5.41, 5.74) is 7.57. The number of aromatic nitrogens is 2. The second kappa shape index (κ2) is 5.65. The normalized spacial score (nSPS) is 12.5. The van der Waals surface area contributed by atoms with Gasteiger partial charge in [-0.3, -0.25) is 9.89 Å². The van der Waals surface area contributed by atoms with Crippen molar-refractivity contribution in [1.82, 2.24) is 10.2 Å². The minimum Gasteiger partial charge on any atom is -0.328 e. The van der Waals surface area contributed by atoms with Gasteiger partial charge in [-0.15, -0.1) is 0 Å². The number of H-pyrrole nitrogens is 1. The minimum absolute atomic E-state index is 0.00440. The summed E-state index contributed by atoms with van der Waals surface area (Å²) in [6.45, 7) is 5.80. The van der Waals surface area contributed by atoms with Crippen molar-refractivity contribution in [3.8, 4) is 0 Å². The van der Waals surface area contributed by atoms with Gasteiger partial charge in [0.15, 0.2) is 5.82 Å². The van der Waals surface area contributed by atoms with E-state index in [0.717, 1.165) is 24.1 Å². The lowest BCUT2D eigenvalue weighted by Crippen LogP contribution is -2.17. The molecule has 1 rings (SSSR count). The third-order valence-corrected chi connectivity index (χ3v) is 2.57. The number of carbonyl (C=O) groups excluding carboxylic acids is 1. The Morgan fingerprint density at radius 3 is 2.75 bits per heavy atom. The molecule has 0 aliphatic rings. The molecule has 4 N–H and O–H groups in total. The SMILES string of the molecule is Cc1[nH]nc(NC(=O)CCCC(C)N)c1C. The second-order valence-corrected chi connectivity index (χ2v) is 4.24. The predicted molar refractivity (Wildman–Crippen MR) is 64.2 cm³/mol. The van der Waals surface area contributed by atoms with Crippen LogP contribution in [0, 0.1) is 13.8 Å². The van der Waals surface area contributed by atoms with Crippen LogP contribution in [0.1, 0.15) is 37.4 Å². The number of hydrogen-bond donors (Lipinski definition) is 3. The fraction of sp³-hybridized carbons (Fsp3) is 0.636. The van der Waals surface area contributed by atoms with Crippen LogP contribution >= 0.6 is 0 Å². The number of aromatic amines is 1. The minimum atomic E-state index is -0.00440. The van der Waals surface area contributed by atoms with Crippen molar-refractivity contribution >= 4 is 11.7 Å². The third-order valence-electron chi connectivity index (χ3n) is 2.57. The first-order chi connectivity index (χ1) is 7.50. The molecule has 1 aromatic rings. The molecule has 0 bridgehead atoms. The molecule has 0 aliphatic carbocycles. The molecule has 0 aromatic carbocycles. The monoisotopic (exact) mass is 224 g/mol. The summed E-state index contributed by atoms with van der Waals surface area (Å²) in [6, 6.07) is 0.155. The Morgan fingerprint density at radius 2 is 2.25 bits per heavy atom. The summed E-state index contributed by atoms with van der Waals surface area (Å²) in [5.74, 6) is 0.624. The van der Waals surface area contributed by atoms with Gasteiger partial charge in [0.25, 0.3) is 0 Å². The van der Waals surface area contributed by atoms with Gasteiger partial charge < -0.3 is 11.1 Å². The third kappa shape index (κ3) is 3.66. The van der Waals surface area contributed by atoms with Crippen LogP contribution in [0.15, 0.2) is 0 Å². The van der Waals surface area contributed by atoms with E-state index in [1.54, 1.807) is 0 Å². The van der Waals surface area contributed by atoms with Crippen LogP contribution in [0.4, 0.5) is 5.82 Å². The van der Waals surface area contributed by atoms with E-state index < -0.39 is 0 Å². The van der Waals surface area contributed by atoms with Crippen LogP contribution in [0.5, 0.6) is 0 Å². The Morgan fingerprint density at radius 1 is 1.56 bits per heavy atom. The predicted octanol–water partition coefficient (Wildman–Crippen LogP) is 1.48. The molecular formula is C11H20N4O. The van der Waals surface area contributed by atoms with Crippen molar-refractivity contribution in [3.63, 3.8) is 0 Å². The van der Waals surface area contributed by atoms with E-state index in [0.29, 0.717) is 12.2 Å². The zero-order valence-corrected chi connectivity index (χ0v) is 10.1. The van der Waals surface area contributed by atoms with Gasteiger partial charge in [-0.05, 0) is 33.6 Å². The first kappa shape index (κ1) is 12.7. The maximum atomic E-state index is 11.5. The van der Waals surface area contributed by atoms with Crippen LogP contribution in [0.2, 0.25) is 0 Å². The van der Waals surface area contributed by atoms with Gasteiger partial charge in [0.05, 0.1) is 0 Å². The standard InChI is InChI=1S/C11H20N4O/c1-7(12)5-4-6-10(16)13-11-8(2)9(3)14-15-11/h7H,4-6,12H2,1-3H3,(H2,13,14,15,16). The van der Waals surface area contributed by atoms with Crippen molar-refractivity contribution < 1.29 is 4.79 Å². The van der Waals surface area contributed by atoms with Gasteiger partial charge in [-0.2, -0.15) is 5.10 Å². The lowest BCUT2D eigenvalue weighted by atomic mass is 10.1. The van der Waals surface area contributed by atoms with Crippen LogP contribution in [-0.2, 0) is 4.79 Å². The van der Waals surface area contributed by atoms with E-state index in [2.05, 4.69) is 15.5 Å². The highest BCUT2D eigenvalue weighted by atomic mass is 16.1. The number of amides is 1. The van der Waals surface area contributed by atoms with Gasteiger partial charge in [0, 0.05) is 23.7 Å². The quantitative estimate of drug-likeness (QED) is 0.708. The van der Waals surface area contributed by atoms with Crippen LogP contribution in [-0.4, -0.2) is 22.1 Å². The van der Waals surface area contributed by atoms with E-state index >= 15 is 0 Å². The number of rotatable bonds is 5. The molecule has 0 saturated heterocycles. The number of aryl methyl sites for hydroxylation is 1. The summed E-state index contributed by atoms with van der Waals surface area (Å²) < 4.78 is 0. The largest absolute Gasteiger partial charge is 0.328 e. The Balaban J connectivity index is 2.37. The van der Waals surface area contributed by atoms with Gasteiger partial charge in [-0.25, -0.2) is 0 Å². The summed E-state index contributed by atoms with van der Waals surface area (Å²) in [4.78, 5) is 11.5. The highest BCUT2D eigenvalue weighted by molar-refractivity contribution is 5.90. The fourth-order valence-corrected chi connectivity index (χ4v) is 1.39. The number of nitrogens with zero attached hydrogens (tertiary/aromatic N) is 1. The van der Waals surface area contributed by atoms with Crippen molar-refractivity contribution in [2.45, 2.75) is 46.1 Å². The lowest BCUT2D eigenvalue weighted by Gasteiger charge is -2.05. The van der Waals surface area contributed by atoms with Gasteiger partial charge in [0.2, 0.25) is 5.91 Å². The smallest absolute Gasteiger partial charge is 0.225 e. The summed E-state index contributed by atoms with van der Waals surface area (Å²) in [6.07, 6.45) is 2.17. The molecule has 1 amide bonds. The van der Waals surface area contributed by atoms with Crippen molar-refractivity contribution in [3.05, 3.63) is 11.3 Å². The van der Waals surface area contributed by atoms with Crippen LogP contribution in [0.3, 0.4) is 0 Å². The molecule has 90 valence electrons. The highest BCUT2D eigenvalue weighted by Gasteiger charge is 2.09. The molecule has 0 fully saturated rings. The Bertz CT molecular complexity index is 357. The molecule has 1 aromatic heterocycles. The molecule has 0 radical (unpaired) electrons. The van der Waals surface area contributed by atoms with Gasteiger partial charge >= 0.3 is 0 Å². The zero-order chi connectivity index (χ0) is 12.1. The van der Waals surface area contributed by atoms with Crippen molar-refractivity contribution in [2.24, 2.45) is 5.73 Å². The van der Waals surface area contributed by atoms with Crippen molar-refractivity contribution in [2.75, 3.05) is 5.32 Å². The lowest BCUT2D eigenvalue weighted by molar-refractivity contribution is -0.116. The number of nitrogens with one attached hydrogen (secondary N) is 2. The van der Waals surface area contributed by atoms with Crippen molar-refractivity contribution in [1.29, 1.82) is 0 Å². The topological polar surface area (TPSA) is 83.8 Å². The number of nitrogens with two attached hydrogens (primary N) is 1. The first-order valence-corrected chi connectivity index (χ1v) is 5.57. The van der Waals surface area contributed by atoms with Crippen LogP contribution in [0.25, 0.3) is 0 Å². The number of anilines is 1. The maximum Gasteiger partial charge on any atom is 0.225 e. The van der Waals surface area contributed by atoms with Gasteiger partial charge in [-0.1, -0.05) is 0 Å². The fourth-order valence-electron chi connectivity index (χ4n) is 1.39. The second-order valence-electron chi connectivity index (χ2n) is 4.24. The number of hydrogen-bond acceptors (Lipinski definition) is 3. The maximum absolute atomic E-state index is 11.5. The van der Waals surface area contributed by atoms with E-state index in [1.807, 2.05) is 20.8 Å². The van der Waals surface area contributed by atoms with Crippen LogP contribution < -0.4 is 11.1 Å². The van der Waals surface area contributed by atoms with E-state index in [4.69, 9.17) is 5.73 Å². The average molecular weight is 224 g/mol. The summed E-state index contributed by atoms with van der Waals surface area (Å²) in [5, 5.41) is 9.63. The molecule has 16 heavy (non-hydrogen) atoms. The summed E-state index contributed by atoms with van der Waals surface area (Å²) >= 11 is 0. The zero-order valence-electron chi connectivity index (χ0n) is 10.1. The van der Waals surface area contributed by atoms with E-state index in [1.165, 1.54) is 0 Å². The molecule has 0 saturated carbocycles. The molecule has 0 spiro atoms. The first-order valence-electron chi connectivity index (χ1n) is 5.57. The molecule has 1 atom stereocenters. The summed E-state index contributed by atoms with van der Waals surface area (Å²) in [7, 11) is 0. The molecule has 5 nitrogen and oxygen atoms in total.